The molecule has 0 heterocycles. The molecule has 0 aliphatic rings. The Labute approximate surface area is 221 Å². The topological polar surface area (TPSA) is 113 Å². The molecule has 36 heavy (non-hydrogen) atoms. The van der Waals surface area contributed by atoms with E-state index in [-0.39, 0.29) is 10.6 Å². The van der Waals surface area contributed by atoms with Gasteiger partial charge in [0.05, 0.1) is 22.5 Å². The molecule has 0 spiro atoms. The molecular weight excluding hydrogens is 545 g/mol. The van der Waals surface area contributed by atoms with Gasteiger partial charge in [-0.2, -0.15) is 0 Å². The van der Waals surface area contributed by atoms with E-state index in [2.05, 4.69) is 10.0 Å². The maximum Gasteiger partial charge on any atom is 0.261 e. The first-order chi connectivity index (χ1) is 16.7. The zero-order chi connectivity index (χ0) is 26.8. The molecule has 0 bridgehead atoms. The van der Waals surface area contributed by atoms with E-state index >= 15 is 0 Å². The van der Waals surface area contributed by atoms with Crippen molar-refractivity contribution >= 4 is 66.2 Å². The largest absolute Gasteiger partial charge is 0.324 e. The Kier molecular flexibility index (Phi) is 8.24. The van der Waals surface area contributed by atoms with Crippen LogP contribution in [0, 0.1) is 13.8 Å². The Morgan fingerprint density at radius 3 is 2.19 bits per heavy atom. The van der Waals surface area contributed by atoms with Crippen LogP contribution in [0.1, 0.15) is 18.1 Å². The molecule has 12 heteroatoms. The summed E-state index contributed by atoms with van der Waals surface area (Å²) >= 11 is 12.1. The third-order valence-corrected chi connectivity index (χ3v) is 8.69. The lowest BCUT2D eigenvalue weighted by Gasteiger charge is -2.29. The number of aryl methyl sites for hydroxylation is 1. The predicted octanol–water partition coefficient (Wildman–Crippen LogP) is 5.20. The number of halogens is 2. The first kappa shape index (κ1) is 27.8. The van der Waals surface area contributed by atoms with E-state index in [0.29, 0.717) is 32.5 Å². The number of hydrogen-bond acceptors (Lipinski definition) is 5. The zero-order valence-electron chi connectivity index (χ0n) is 19.9. The molecule has 8 nitrogen and oxygen atoms in total. The van der Waals surface area contributed by atoms with E-state index in [1.54, 1.807) is 44.2 Å². The van der Waals surface area contributed by atoms with Gasteiger partial charge in [0, 0.05) is 15.7 Å². The molecule has 0 aliphatic carbocycles. The van der Waals surface area contributed by atoms with Crippen molar-refractivity contribution in [3.05, 3.63) is 81.8 Å². The van der Waals surface area contributed by atoms with E-state index in [1.165, 1.54) is 37.3 Å². The van der Waals surface area contributed by atoms with Crippen LogP contribution in [0.4, 0.5) is 17.1 Å². The average Bonchev–Trinajstić information content (AvgIpc) is 2.78. The maximum atomic E-state index is 13.0. The van der Waals surface area contributed by atoms with Crippen molar-refractivity contribution in [2.24, 2.45) is 0 Å². The second-order valence-electron chi connectivity index (χ2n) is 8.20. The number of anilines is 3. The first-order valence-corrected chi connectivity index (χ1v) is 14.7. The van der Waals surface area contributed by atoms with Gasteiger partial charge in [0.15, 0.2) is 0 Å². The maximum absolute atomic E-state index is 13.0. The quantitative estimate of drug-likeness (QED) is 0.387. The van der Waals surface area contributed by atoms with Crippen LogP contribution in [-0.2, 0) is 24.8 Å². The minimum atomic E-state index is -3.91. The van der Waals surface area contributed by atoms with Crippen molar-refractivity contribution in [2.45, 2.75) is 31.7 Å². The molecule has 2 N–H and O–H groups in total. The summed E-state index contributed by atoms with van der Waals surface area (Å²) in [5.41, 5.74) is 2.15. The minimum absolute atomic E-state index is 0.0276. The third kappa shape index (κ3) is 6.31. The Hall–Kier alpha value is -2.79. The molecule has 0 unspecified atom stereocenters. The molecule has 0 radical (unpaired) electrons. The summed E-state index contributed by atoms with van der Waals surface area (Å²) in [6, 6.07) is 14.0. The SMILES string of the molecule is Cc1ccc(Cl)cc1N([C@H](C)C(=O)Nc1ccc(S(=O)(=O)Nc2cccc(Cl)c2C)cc1)S(C)(=O)=O. The number of carbonyl (C=O) groups excluding carboxylic acids is 1. The van der Waals surface area contributed by atoms with Crippen LogP contribution < -0.4 is 14.3 Å². The van der Waals surface area contributed by atoms with Gasteiger partial charge >= 0.3 is 0 Å². The lowest BCUT2D eigenvalue weighted by atomic mass is 10.1. The Balaban J connectivity index is 1.81. The number of nitrogens with zero attached hydrogens (tertiary/aromatic N) is 1. The van der Waals surface area contributed by atoms with Gasteiger partial charge in [0.1, 0.15) is 6.04 Å². The van der Waals surface area contributed by atoms with Crippen molar-refractivity contribution < 1.29 is 21.6 Å². The second-order valence-corrected chi connectivity index (χ2v) is 12.6. The van der Waals surface area contributed by atoms with Crippen LogP contribution in [0.15, 0.2) is 65.6 Å². The smallest absolute Gasteiger partial charge is 0.261 e. The van der Waals surface area contributed by atoms with Crippen molar-refractivity contribution in [3.63, 3.8) is 0 Å². The molecule has 1 amide bonds. The summed E-state index contributed by atoms with van der Waals surface area (Å²) in [5, 5.41) is 3.39. The number of carbonyl (C=O) groups is 1. The monoisotopic (exact) mass is 569 g/mol. The van der Waals surface area contributed by atoms with Gasteiger partial charge < -0.3 is 5.32 Å². The van der Waals surface area contributed by atoms with E-state index in [4.69, 9.17) is 23.2 Å². The van der Waals surface area contributed by atoms with Gasteiger partial charge in [0.2, 0.25) is 15.9 Å². The summed E-state index contributed by atoms with van der Waals surface area (Å²) in [6.45, 7) is 4.87. The molecule has 3 rings (SSSR count). The molecular formula is C24H25Cl2N3O5S2. The predicted molar refractivity (Wildman–Crippen MR) is 145 cm³/mol. The van der Waals surface area contributed by atoms with Crippen molar-refractivity contribution in [2.75, 3.05) is 20.6 Å². The molecule has 192 valence electrons. The highest BCUT2D eigenvalue weighted by atomic mass is 35.5. The van der Waals surface area contributed by atoms with E-state index in [9.17, 15) is 21.6 Å². The summed E-state index contributed by atoms with van der Waals surface area (Å²) < 4.78 is 54.2. The van der Waals surface area contributed by atoms with Crippen LogP contribution in [0.5, 0.6) is 0 Å². The molecule has 3 aromatic rings. The lowest BCUT2D eigenvalue weighted by molar-refractivity contribution is -0.116. The number of benzene rings is 3. The summed E-state index contributed by atoms with van der Waals surface area (Å²) in [5.74, 6) is -0.608. The fourth-order valence-corrected chi connectivity index (χ4v) is 6.17. The van der Waals surface area contributed by atoms with Crippen molar-refractivity contribution in [1.82, 2.24) is 0 Å². The molecule has 0 saturated heterocycles. The van der Waals surface area contributed by atoms with Crippen molar-refractivity contribution in [1.29, 1.82) is 0 Å². The van der Waals surface area contributed by atoms with Crippen LogP contribution in [-0.4, -0.2) is 35.0 Å². The van der Waals surface area contributed by atoms with Crippen LogP contribution in [0.2, 0.25) is 10.0 Å². The Bertz CT molecular complexity index is 1510. The number of sulfonamides is 2. The molecule has 1 atom stereocenters. The second kappa shape index (κ2) is 10.7. The number of rotatable bonds is 8. The van der Waals surface area contributed by atoms with Gasteiger partial charge in [-0.3, -0.25) is 13.8 Å². The molecule has 0 aromatic heterocycles. The van der Waals surface area contributed by atoms with Crippen LogP contribution in [0.25, 0.3) is 0 Å². The first-order valence-electron chi connectivity index (χ1n) is 10.6. The lowest BCUT2D eigenvalue weighted by Crippen LogP contribution is -2.45. The number of amides is 1. The highest BCUT2D eigenvalue weighted by molar-refractivity contribution is 7.92. The third-order valence-electron chi connectivity index (χ3n) is 5.44. The standard InChI is InChI=1S/C24H25Cl2N3O5S2/c1-15-8-9-18(25)14-23(15)29(35(4,31)32)17(3)24(30)27-19-10-12-20(13-11-19)36(33,34)28-22-7-5-6-21(26)16(22)2/h5-14,17,28H,1-4H3,(H,27,30)/t17-/m1/s1. The molecule has 3 aromatic carbocycles. The molecule has 0 fully saturated rings. The summed E-state index contributed by atoms with van der Waals surface area (Å²) in [6.07, 6.45) is 1.01. The van der Waals surface area contributed by atoms with Gasteiger partial charge in [-0.25, -0.2) is 16.8 Å². The summed E-state index contributed by atoms with van der Waals surface area (Å²) in [7, 11) is -7.75. The van der Waals surface area contributed by atoms with Crippen LogP contribution >= 0.6 is 23.2 Å². The van der Waals surface area contributed by atoms with Gasteiger partial charge in [0.25, 0.3) is 10.0 Å². The normalized spacial score (nSPS) is 12.6. The minimum Gasteiger partial charge on any atom is -0.324 e. The van der Waals surface area contributed by atoms with Crippen LogP contribution in [0.3, 0.4) is 0 Å². The highest BCUT2D eigenvalue weighted by Crippen LogP contribution is 2.29. The van der Waals surface area contributed by atoms with E-state index < -0.39 is 32.0 Å². The molecule has 0 aliphatic heterocycles. The fraction of sp³-hybridized carbons (Fsp3) is 0.208. The fourth-order valence-electron chi connectivity index (χ4n) is 3.49. The zero-order valence-corrected chi connectivity index (χ0v) is 23.1. The average molecular weight is 571 g/mol. The van der Waals surface area contributed by atoms with Gasteiger partial charge in [-0.05, 0) is 80.4 Å². The van der Waals surface area contributed by atoms with E-state index in [1.807, 2.05) is 0 Å². The van der Waals surface area contributed by atoms with E-state index in [0.717, 1.165) is 10.6 Å². The van der Waals surface area contributed by atoms with Gasteiger partial charge in [-0.1, -0.05) is 35.3 Å². The Morgan fingerprint density at radius 1 is 0.944 bits per heavy atom. The van der Waals surface area contributed by atoms with Crippen molar-refractivity contribution in [3.8, 4) is 0 Å². The Morgan fingerprint density at radius 2 is 1.58 bits per heavy atom. The summed E-state index contributed by atoms with van der Waals surface area (Å²) in [4.78, 5) is 12.9. The highest BCUT2D eigenvalue weighted by Gasteiger charge is 2.30. The number of hydrogen-bond donors (Lipinski definition) is 2. The van der Waals surface area contributed by atoms with Gasteiger partial charge in [-0.15, -0.1) is 0 Å². The molecule has 0 saturated carbocycles. The number of nitrogens with one attached hydrogen (secondary N) is 2.